The Hall–Kier alpha value is -2.87. The van der Waals surface area contributed by atoms with E-state index in [0.29, 0.717) is 11.3 Å². The number of hydrogen-bond donors (Lipinski definition) is 2. The van der Waals surface area contributed by atoms with E-state index in [2.05, 4.69) is 22.5 Å². The number of anilines is 1. The first-order valence-electron chi connectivity index (χ1n) is 7.21. The van der Waals surface area contributed by atoms with Gasteiger partial charge in [0.15, 0.2) is 0 Å². The van der Waals surface area contributed by atoms with Crippen LogP contribution in [-0.2, 0) is 0 Å². The molecule has 0 saturated heterocycles. The zero-order chi connectivity index (χ0) is 15.8. The average Bonchev–Trinajstić information content (AvgIpc) is 2.55. The number of nitrogens with zero attached hydrogens (tertiary/aromatic N) is 2. The van der Waals surface area contributed by atoms with E-state index in [-0.39, 0.29) is 12.1 Å². The molecule has 2 aromatic rings. The molecule has 0 fully saturated rings. The van der Waals surface area contributed by atoms with Crippen LogP contribution in [0.4, 0.5) is 10.5 Å². The van der Waals surface area contributed by atoms with Crippen LogP contribution in [-0.4, -0.2) is 11.0 Å². The first kappa shape index (κ1) is 15.5. The molecule has 5 heteroatoms. The summed E-state index contributed by atoms with van der Waals surface area (Å²) >= 11 is 0. The van der Waals surface area contributed by atoms with Crippen molar-refractivity contribution in [1.29, 1.82) is 5.26 Å². The Morgan fingerprint density at radius 2 is 2.18 bits per heavy atom. The molecule has 0 aliphatic heterocycles. The van der Waals surface area contributed by atoms with Crippen molar-refractivity contribution in [2.45, 2.75) is 25.8 Å². The van der Waals surface area contributed by atoms with Crippen molar-refractivity contribution >= 4 is 11.7 Å². The molecule has 0 saturated carbocycles. The van der Waals surface area contributed by atoms with E-state index >= 15 is 0 Å². The Morgan fingerprint density at radius 3 is 2.86 bits per heavy atom. The normalized spacial score (nSPS) is 11.3. The second-order valence-corrected chi connectivity index (χ2v) is 4.89. The number of aromatic nitrogens is 1. The SMILES string of the molecule is CCCC(NC(=O)Nc1cccc(C#N)c1)c1ccccn1. The molecule has 2 rings (SSSR count). The van der Waals surface area contributed by atoms with E-state index in [9.17, 15) is 4.79 Å². The van der Waals surface area contributed by atoms with Crippen LogP contribution in [0.3, 0.4) is 0 Å². The maximum atomic E-state index is 12.1. The monoisotopic (exact) mass is 294 g/mol. The predicted octanol–water partition coefficient (Wildman–Crippen LogP) is 3.62. The summed E-state index contributed by atoms with van der Waals surface area (Å²) in [6.45, 7) is 2.06. The molecule has 1 aromatic heterocycles. The molecular formula is C17H18N4O. The van der Waals surface area contributed by atoms with Crippen molar-refractivity contribution in [3.05, 3.63) is 59.9 Å². The summed E-state index contributed by atoms with van der Waals surface area (Å²) in [5.74, 6) is 0. The Balaban J connectivity index is 2.04. The highest BCUT2D eigenvalue weighted by atomic mass is 16.2. The topological polar surface area (TPSA) is 77.8 Å². The van der Waals surface area contributed by atoms with Gasteiger partial charge < -0.3 is 10.6 Å². The predicted molar refractivity (Wildman–Crippen MR) is 85.2 cm³/mol. The second-order valence-electron chi connectivity index (χ2n) is 4.89. The average molecular weight is 294 g/mol. The fraction of sp³-hybridized carbons (Fsp3) is 0.235. The third kappa shape index (κ3) is 4.32. The Kier molecular flexibility index (Phi) is 5.50. The van der Waals surface area contributed by atoms with E-state index in [0.717, 1.165) is 18.5 Å². The zero-order valence-corrected chi connectivity index (χ0v) is 12.4. The lowest BCUT2D eigenvalue weighted by molar-refractivity contribution is 0.247. The van der Waals surface area contributed by atoms with Gasteiger partial charge in [0.25, 0.3) is 0 Å². The molecule has 22 heavy (non-hydrogen) atoms. The molecule has 0 radical (unpaired) electrons. The molecule has 1 unspecified atom stereocenters. The molecule has 0 aliphatic carbocycles. The maximum Gasteiger partial charge on any atom is 0.319 e. The summed E-state index contributed by atoms with van der Waals surface area (Å²) in [6, 6.07) is 14.1. The molecule has 2 amide bonds. The highest BCUT2D eigenvalue weighted by molar-refractivity contribution is 5.89. The van der Waals surface area contributed by atoms with Crippen LogP contribution >= 0.6 is 0 Å². The standard InChI is InChI=1S/C17H18N4O/c1-2-6-16(15-9-3-4-10-19-15)21-17(22)20-14-8-5-7-13(11-14)12-18/h3-5,7-11,16H,2,6H2,1H3,(H2,20,21,22). The molecule has 0 spiro atoms. The molecule has 0 bridgehead atoms. The van der Waals surface area contributed by atoms with Gasteiger partial charge >= 0.3 is 6.03 Å². The van der Waals surface area contributed by atoms with E-state index in [1.807, 2.05) is 24.3 Å². The minimum absolute atomic E-state index is 0.134. The summed E-state index contributed by atoms with van der Waals surface area (Å²) < 4.78 is 0. The van der Waals surface area contributed by atoms with Gasteiger partial charge in [-0.05, 0) is 36.8 Å². The van der Waals surface area contributed by atoms with Crippen LogP contribution < -0.4 is 10.6 Å². The van der Waals surface area contributed by atoms with Crippen LogP contribution in [0, 0.1) is 11.3 Å². The third-order valence-electron chi connectivity index (χ3n) is 3.18. The number of hydrogen-bond acceptors (Lipinski definition) is 3. The van der Waals surface area contributed by atoms with Crippen molar-refractivity contribution < 1.29 is 4.79 Å². The lowest BCUT2D eigenvalue weighted by Crippen LogP contribution is -2.33. The van der Waals surface area contributed by atoms with Gasteiger partial charge in [0.2, 0.25) is 0 Å². The molecule has 2 N–H and O–H groups in total. The van der Waals surface area contributed by atoms with E-state index in [4.69, 9.17) is 5.26 Å². The van der Waals surface area contributed by atoms with Crippen LogP contribution in [0.2, 0.25) is 0 Å². The number of amides is 2. The molecule has 1 aromatic carbocycles. The van der Waals surface area contributed by atoms with Gasteiger partial charge in [-0.15, -0.1) is 0 Å². The minimum atomic E-state index is -0.306. The number of carbonyl (C=O) groups is 1. The van der Waals surface area contributed by atoms with Crippen LogP contribution in [0.5, 0.6) is 0 Å². The number of urea groups is 1. The molecule has 1 heterocycles. The number of rotatable bonds is 5. The number of benzene rings is 1. The quantitative estimate of drug-likeness (QED) is 0.884. The van der Waals surface area contributed by atoms with E-state index in [1.165, 1.54) is 0 Å². The van der Waals surface area contributed by atoms with Crippen molar-refractivity contribution in [2.75, 3.05) is 5.32 Å². The van der Waals surface area contributed by atoms with Crippen LogP contribution in [0.15, 0.2) is 48.7 Å². The highest BCUT2D eigenvalue weighted by Crippen LogP contribution is 2.16. The number of carbonyl (C=O) groups excluding carboxylic acids is 1. The maximum absolute atomic E-state index is 12.1. The fourth-order valence-electron chi connectivity index (χ4n) is 2.16. The molecule has 5 nitrogen and oxygen atoms in total. The smallest absolute Gasteiger partial charge is 0.319 e. The summed E-state index contributed by atoms with van der Waals surface area (Å²) in [5, 5.41) is 14.5. The molecular weight excluding hydrogens is 276 g/mol. The third-order valence-corrected chi connectivity index (χ3v) is 3.18. The van der Waals surface area contributed by atoms with E-state index in [1.54, 1.807) is 30.5 Å². The van der Waals surface area contributed by atoms with Crippen molar-refractivity contribution in [1.82, 2.24) is 10.3 Å². The molecule has 1 atom stereocenters. The van der Waals surface area contributed by atoms with E-state index < -0.39 is 0 Å². The molecule has 112 valence electrons. The van der Waals surface area contributed by atoms with Gasteiger partial charge in [-0.25, -0.2) is 4.79 Å². The van der Waals surface area contributed by atoms with Gasteiger partial charge in [-0.3, -0.25) is 4.98 Å². The zero-order valence-electron chi connectivity index (χ0n) is 12.4. The largest absolute Gasteiger partial charge is 0.329 e. The van der Waals surface area contributed by atoms with Crippen LogP contribution in [0.1, 0.15) is 37.1 Å². The Morgan fingerprint density at radius 1 is 1.32 bits per heavy atom. The van der Waals surface area contributed by atoms with Gasteiger partial charge in [0.1, 0.15) is 0 Å². The first-order chi connectivity index (χ1) is 10.7. The van der Waals surface area contributed by atoms with Crippen molar-refractivity contribution in [2.24, 2.45) is 0 Å². The number of nitriles is 1. The van der Waals surface area contributed by atoms with Crippen molar-refractivity contribution in [3.63, 3.8) is 0 Å². The number of nitrogens with one attached hydrogen (secondary N) is 2. The molecule has 0 aliphatic rings. The lowest BCUT2D eigenvalue weighted by Gasteiger charge is -2.18. The Labute approximate surface area is 130 Å². The second kappa shape index (κ2) is 7.79. The van der Waals surface area contributed by atoms with Crippen LogP contribution in [0.25, 0.3) is 0 Å². The van der Waals surface area contributed by atoms with Crippen molar-refractivity contribution in [3.8, 4) is 6.07 Å². The van der Waals surface area contributed by atoms with Gasteiger partial charge in [0, 0.05) is 11.9 Å². The Bertz CT molecular complexity index is 664. The minimum Gasteiger partial charge on any atom is -0.329 e. The van der Waals surface area contributed by atoms with Gasteiger partial charge in [-0.1, -0.05) is 25.5 Å². The highest BCUT2D eigenvalue weighted by Gasteiger charge is 2.14. The summed E-state index contributed by atoms with van der Waals surface area (Å²) in [5.41, 5.74) is 1.94. The summed E-state index contributed by atoms with van der Waals surface area (Å²) in [4.78, 5) is 16.4. The first-order valence-corrected chi connectivity index (χ1v) is 7.21. The summed E-state index contributed by atoms with van der Waals surface area (Å²) in [6.07, 6.45) is 3.46. The fourth-order valence-corrected chi connectivity index (χ4v) is 2.16. The number of pyridine rings is 1. The lowest BCUT2D eigenvalue weighted by atomic mass is 10.1. The van der Waals surface area contributed by atoms with Gasteiger partial charge in [0.05, 0.1) is 23.4 Å². The summed E-state index contributed by atoms with van der Waals surface area (Å²) in [7, 11) is 0. The van der Waals surface area contributed by atoms with Gasteiger partial charge in [-0.2, -0.15) is 5.26 Å².